The predicted molar refractivity (Wildman–Crippen MR) is 67.4 cm³/mol. The molecule has 19 heavy (non-hydrogen) atoms. The van der Waals surface area contributed by atoms with Gasteiger partial charge in [0, 0.05) is 6.26 Å². The lowest BCUT2D eigenvalue weighted by molar-refractivity contribution is -0.139. The summed E-state index contributed by atoms with van der Waals surface area (Å²) in [5.41, 5.74) is 0.186. The van der Waals surface area contributed by atoms with Gasteiger partial charge in [-0.05, 0) is 18.6 Å². The fourth-order valence-electron chi connectivity index (χ4n) is 1.88. The number of nitrogens with one attached hydrogen (secondary N) is 1. The molecule has 0 heterocycles. The van der Waals surface area contributed by atoms with Crippen LogP contribution in [0.25, 0.3) is 0 Å². The maximum absolute atomic E-state index is 11.8. The topological polar surface area (TPSA) is 101 Å². The SMILES string of the molecule is CS(=O)(=O)c1ccccc1NC(=O)C1CC1C(=O)O. The highest BCUT2D eigenvalue weighted by Gasteiger charge is 2.48. The molecule has 6 nitrogen and oxygen atoms in total. The van der Waals surface area contributed by atoms with Crippen LogP contribution >= 0.6 is 0 Å². The summed E-state index contributed by atoms with van der Waals surface area (Å²) in [4.78, 5) is 22.5. The number of hydrogen-bond donors (Lipinski definition) is 2. The van der Waals surface area contributed by atoms with Crippen LogP contribution in [0.15, 0.2) is 29.2 Å². The van der Waals surface area contributed by atoms with Crippen LogP contribution in [0.2, 0.25) is 0 Å². The van der Waals surface area contributed by atoms with E-state index in [1.165, 1.54) is 12.1 Å². The normalized spacial score (nSPS) is 21.7. The van der Waals surface area contributed by atoms with Crippen molar-refractivity contribution in [2.45, 2.75) is 11.3 Å². The zero-order valence-electron chi connectivity index (χ0n) is 10.2. The first-order valence-corrected chi connectivity index (χ1v) is 7.52. The Labute approximate surface area is 110 Å². The van der Waals surface area contributed by atoms with Gasteiger partial charge in [0.2, 0.25) is 5.91 Å². The molecule has 102 valence electrons. The summed E-state index contributed by atoms with van der Waals surface area (Å²) in [6.45, 7) is 0. The minimum Gasteiger partial charge on any atom is -0.481 e. The lowest BCUT2D eigenvalue weighted by Gasteiger charge is -2.09. The van der Waals surface area contributed by atoms with Crippen molar-refractivity contribution in [2.75, 3.05) is 11.6 Å². The van der Waals surface area contributed by atoms with E-state index in [4.69, 9.17) is 5.11 Å². The smallest absolute Gasteiger partial charge is 0.307 e. The van der Waals surface area contributed by atoms with Gasteiger partial charge < -0.3 is 10.4 Å². The van der Waals surface area contributed by atoms with Gasteiger partial charge in [0.15, 0.2) is 9.84 Å². The average Bonchev–Trinajstić information content (AvgIpc) is 3.08. The van der Waals surface area contributed by atoms with Crippen LogP contribution in [0.5, 0.6) is 0 Å². The van der Waals surface area contributed by atoms with Gasteiger partial charge in [0.1, 0.15) is 0 Å². The van der Waals surface area contributed by atoms with Gasteiger partial charge >= 0.3 is 5.97 Å². The summed E-state index contributed by atoms with van der Waals surface area (Å²) in [6.07, 6.45) is 1.34. The molecule has 1 amide bonds. The number of anilines is 1. The molecule has 1 aromatic rings. The minimum absolute atomic E-state index is 0.0240. The molecule has 0 aromatic heterocycles. The van der Waals surface area contributed by atoms with E-state index in [9.17, 15) is 18.0 Å². The molecule has 1 aliphatic rings. The van der Waals surface area contributed by atoms with Gasteiger partial charge in [0.05, 0.1) is 22.4 Å². The van der Waals surface area contributed by atoms with Crippen molar-refractivity contribution in [1.29, 1.82) is 0 Å². The molecule has 0 aliphatic heterocycles. The second-order valence-corrected chi connectivity index (χ2v) is 6.53. The third-order valence-corrected chi connectivity index (χ3v) is 4.14. The summed E-state index contributed by atoms with van der Waals surface area (Å²) in [5.74, 6) is -2.70. The number of sulfone groups is 1. The van der Waals surface area contributed by atoms with Crippen molar-refractivity contribution in [3.8, 4) is 0 Å². The number of amides is 1. The Kier molecular flexibility index (Phi) is 3.32. The Bertz CT molecular complexity index is 637. The first kappa shape index (κ1) is 13.5. The Morgan fingerprint density at radius 2 is 1.89 bits per heavy atom. The van der Waals surface area contributed by atoms with E-state index < -0.39 is 33.5 Å². The first-order valence-electron chi connectivity index (χ1n) is 5.63. The van der Waals surface area contributed by atoms with Crippen molar-refractivity contribution in [2.24, 2.45) is 11.8 Å². The Morgan fingerprint density at radius 3 is 2.42 bits per heavy atom. The minimum atomic E-state index is -3.45. The second-order valence-electron chi connectivity index (χ2n) is 4.54. The fourth-order valence-corrected chi connectivity index (χ4v) is 2.72. The van der Waals surface area contributed by atoms with Crippen molar-refractivity contribution >= 4 is 27.4 Å². The summed E-state index contributed by atoms with van der Waals surface area (Å²) >= 11 is 0. The van der Waals surface area contributed by atoms with Crippen LogP contribution in [0, 0.1) is 11.8 Å². The molecule has 1 aliphatic carbocycles. The zero-order valence-corrected chi connectivity index (χ0v) is 11.0. The van der Waals surface area contributed by atoms with Crippen molar-refractivity contribution < 1.29 is 23.1 Å². The number of rotatable bonds is 4. The van der Waals surface area contributed by atoms with Gasteiger partial charge in [0.25, 0.3) is 0 Å². The van der Waals surface area contributed by atoms with Crippen molar-refractivity contribution in [3.63, 3.8) is 0 Å². The first-order chi connectivity index (χ1) is 8.80. The van der Waals surface area contributed by atoms with Crippen LogP contribution in [0.3, 0.4) is 0 Å². The Morgan fingerprint density at radius 1 is 1.26 bits per heavy atom. The van der Waals surface area contributed by atoms with E-state index in [0.29, 0.717) is 6.42 Å². The van der Waals surface area contributed by atoms with Crippen molar-refractivity contribution in [1.82, 2.24) is 0 Å². The summed E-state index contributed by atoms with van der Waals surface area (Å²) in [5, 5.41) is 11.2. The molecular formula is C12H13NO5S. The molecule has 2 rings (SSSR count). The molecule has 0 saturated heterocycles. The van der Waals surface area contributed by atoms with Crippen LogP contribution in [0.4, 0.5) is 5.69 Å². The van der Waals surface area contributed by atoms with Crippen LogP contribution in [-0.4, -0.2) is 31.7 Å². The number of carbonyl (C=O) groups is 2. The number of carbonyl (C=O) groups excluding carboxylic acids is 1. The maximum Gasteiger partial charge on any atom is 0.307 e. The molecule has 2 unspecified atom stereocenters. The lowest BCUT2D eigenvalue weighted by Crippen LogP contribution is -2.18. The number of carboxylic acid groups (broad SMARTS) is 1. The molecule has 0 radical (unpaired) electrons. The Balaban J connectivity index is 2.17. The monoisotopic (exact) mass is 283 g/mol. The van der Waals surface area contributed by atoms with Gasteiger partial charge in [-0.3, -0.25) is 9.59 Å². The highest BCUT2D eigenvalue weighted by atomic mass is 32.2. The van der Waals surface area contributed by atoms with E-state index in [1.807, 2.05) is 0 Å². The highest BCUT2D eigenvalue weighted by molar-refractivity contribution is 7.90. The molecule has 7 heteroatoms. The molecule has 0 spiro atoms. The van der Waals surface area contributed by atoms with Crippen LogP contribution < -0.4 is 5.32 Å². The third-order valence-electron chi connectivity index (χ3n) is 2.99. The predicted octanol–water partition coefficient (Wildman–Crippen LogP) is 0.749. The molecule has 0 bridgehead atoms. The number of benzene rings is 1. The standard InChI is InChI=1S/C12H13NO5S/c1-19(17,18)10-5-3-2-4-9(10)13-11(14)7-6-8(7)12(15)16/h2-5,7-8H,6H2,1H3,(H,13,14)(H,15,16). The molecule has 2 atom stereocenters. The number of hydrogen-bond acceptors (Lipinski definition) is 4. The van der Waals surface area contributed by atoms with E-state index in [1.54, 1.807) is 12.1 Å². The van der Waals surface area contributed by atoms with Crippen LogP contribution in [0.1, 0.15) is 6.42 Å². The van der Waals surface area contributed by atoms with Crippen molar-refractivity contribution in [3.05, 3.63) is 24.3 Å². The molecule has 1 saturated carbocycles. The van der Waals surface area contributed by atoms with Gasteiger partial charge in [-0.25, -0.2) is 8.42 Å². The number of aliphatic carboxylic acids is 1. The molecule has 1 fully saturated rings. The quantitative estimate of drug-likeness (QED) is 0.849. The summed E-state index contributed by atoms with van der Waals surface area (Å²) in [7, 11) is -3.45. The number of para-hydroxylation sites is 1. The summed E-state index contributed by atoms with van der Waals surface area (Å²) < 4.78 is 23.1. The Hall–Kier alpha value is -1.89. The van der Waals surface area contributed by atoms with E-state index in [2.05, 4.69) is 5.32 Å². The van der Waals surface area contributed by atoms with Gasteiger partial charge in [-0.2, -0.15) is 0 Å². The second kappa shape index (κ2) is 4.65. The van der Waals surface area contributed by atoms with E-state index in [-0.39, 0.29) is 10.6 Å². The number of carboxylic acids is 1. The third kappa shape index (κ3) is 2.93. The van der Waals surface area contributed by atoms with Crippen LogP contribution in [-0.2, 0) is 19.4 Å². The van der Waals surface area contributed by atoms with E-state index >= 15 is 0 Å². The zero-order chi connectivity index (χ0) is 14.2. The summed E-state index contributed by atoms with van der Waals surface area (Å²) in [6, 6.07) is 6.04. The maximum atomic E-state index is 11.8. The average molecular weight is 283 g/mol. The largest absolute Gasteiger partial charge is 0.481 e. The lowest BCUT2D eigenvalue weighted by atomic mass is 10.2. The fraction of sp³-hybridized carbons (Fsp3) is 0.333. The molecular weight excluding hydrogens is 270 g/mol. The molecule has 1 aromatic carbocycles. The highest BCUT2D eigenvalue weighted by Crippen LogP contribution is 2.39. The van der Waals surface area contributed by atoms with E-state index in [0.717, 1.165) is 6.26 Å². The van der Waals surface area contributed by atoms with Gasteiger partial charge in [-0.1, -0.05) is 12.1 Å². The molecule has 2 N–H and O–H groups in total. The van der Waals surface area contributed by atoms with Gasteiger partial charge in [-0.15, -0.1) is 0 Å².